The zero-order valence-corrected chi connectivity index (χ0v) is 39.0. The maximum absolute atomic E-state index is 11.3. The second kappa shape index (κ2) is 31.3. The summed E-state index contributed by atoms with van der Waals surface area (Å²) in [6.07, 6.45) is 11.3. The van der Waals surface area contributed by atoms with E-state index in [1.807, 2.05) is 70.3 Å². The molecular weight excluding hydrogens is 719 g/mol. The van der Waals surface area contributed by atoms with Crippen molar-refractivity contribution in [3.8, 4) is 0 Å². The number of carbonyl (C=O) groups is 5. The third kappa shape index (κ3) is 25.4. The molecule has 2 aliphatic rings. The number of nitrogens with zero attached hydrogens (tertiary/aromatic N) is 3. The Labute approximate surface area is 348 Å². The first-order chi connectivity index (χ1) is 26.5. The van der Waals surface area contributed by atoms with E-state index >= 15 is 0 Å². The minimum Gasteiger partial charge on any atom is -0.391 e. The fourth-order valence-electron chi connectivity index (χ4n) is 7.46. The number of ketones is 5. The van der Waals surface area contributed by atoms with Gasteiger partial charge in [0.2, 0.25) is 0 Å². The van der Waals surface area contributed by atoms with Gasteiger partial charge in [-0.15, -0.1) is 0 Å². The van der Waals surface area contributed by atoms with E-state index in [1.165, 1.54) is 57.4 Å². The second-order valence-electron chi connectivity index (χ2n) is 17.2. The maximum Gasteiger partial charge on any atom is 0.149 e. The van der Waals surface area contributed by atoms with Crippen LogP contribution in [0.2, 0.25) is 0 Å². The van der Waals surface area contributed by atoms with Gasteiger partial charge in [0.1, 0.15) is 28.9 Å². The van der Waals surface area contributed by atoms with Crippen LogP contribution in [0.4, 0.5) is 0 Å². The topological polar surface area (TPSA) is 139 Å². The van der Waals surface area contributed by atoms with Crippen LogP contribution in [0.3, 0.4) is 0 Å². The molecule has 11 heteroatoms. The highest BCUT2D eigenvalue weighted by Gasteiger charge is 2.27. The van der Waals surface area contributed by atoms with Crippen LogP contribution in [0.15, 0.2) is 30.3 Å². The number of Topliss-reactive ketones (excluding diaryl/α,β-unsaturated/α-hetero) is 5. The molecule has 2 saturated carbocycles. The Kier molecular flexibility index (Phi) is 31.0. The molecule has 3 N–H and O–H groups in total. The third-order valence-electron chi connectivity index (χ3n) is 10.8. The molecule has 0 spiro atoms. The van der Waals surface area contributed by atoms with Gasteiger partial charge in [0, 0.05) is 0 Å². The van der Waals surface area contributed by atoms with Crippen molar-refractivity contribution in [2.75, 3.05) is 56.4 Å². The summed E-state index contributed by atoms with van der Waals surface area (Å²) >= 11 is 0. The van der Waals surface area contributed by atoms with E-state index in [0.717, 1.165) is 25.2 Å². The van der Waals surface area contributed by atoms with Crippen LogP contribution in [-0.4, -0.2) is 141 Å². The molecule has 6 atom stereocenters. The third-order valence-corrected chi connectivity index (χ3v) is 10.8. The van der Waals surface area contributed by atoms with Crippen LogP contribution in [0.1, 0.15) is 119 Å². The molecule has 0 saturated heterocycles. The highest BCUT2D eigenvalue weighted by molar-refractivity contribution is 5.83. The summed E-state index contributed by atoms with van der Waals surface area (Å²) in [6, 6.07) is 10.1. The van der Waals surface area contributed by atoms with E-state index in [0.29, 0.717) is 17.6 Å². The molecule has 1 aromatic carbocycles. The van der Waals surface area contributed by atoms with Gasteiger partial charge >= 0.3 is 0 Å². The molecule has 3 rings (SSSR count). The van der Waals surface area contributed by atoms with Crippen molar-refractivity contribution in [3.63, 3.8) is 0 Å². The molecule has 1 aromatic rings. The lowest BCUT2D eigenvalue weighted by Crippen LogP contribution is -2.42. The Bertz CT molecular complexity index is 1240. The first kappa shape index (κ1) is 56.4. The van der Waals surface area contributed by atoms with E-state index in [2.05, 4.69) is 36.6 Å². The summed E-state index contributed by atoms with van der Waals surface area (Å²) in [6.45, 7) is 14.0. The molecule has 0 heterocycles. The average Bonchev–Trinajstić information content (AvgIpc) is 3.61. The molecule has 0 aliphatic heterocycles. The lowest BCUT2D eigenvalue weighted by Gasteiger charge is -2.28. The molecule has 330 valence electrons. The first-order valence-corrected chi connectivity index (χ1v) is 21.1. The number of carbonyl (C=O) groups excluding carboxylic acids is 5. The fraction of sp³-hybridized carbons (Fsp3) is 0.761. The van der Waals surface area contributed by atoms with Gasteiger partial charge in [-0.25, -0.2) is 0 Å². The summed E-state index contributed by atoms with van der Waals surface area (Å²) in [5.74, 6) is 3.07. The van der Waals surface area contributed by atoms with E-state index in [4.69, 9.17) is 5.11 Å². The van der Waals surface area contributed by atoms with Gasteiger partial charge in [0.15, 0.2) is 0 Å². The van der Waals surface area contributed by atoms with Crippen LogP contribution in [0.5, 0.6) is 0 Å². The molecule has 0 aromatic heterocycles. The van der Waals surface area contributed by atoms with Crippen LogP contribution < -0.4 is 10.6 Å². The number of rotatable bonds is 18. The molecule has 0 unspecified atom stereocenters. The van der Waals surface area contributed by atoms with Crippen LogP contribution in [0, 0.1) is 17.8 Å². The zero-order chi connectivity index (χ0) is 44.4. The molecule has 0 radical (unpaired) electrons. The number of benzene rings is 1. The lowest BCUT2D eigenvalue weighted by atomic mass is 9.80. The van der Waals surface area contributed by atoms with E-state index in [1.54, 1.807) is 53.6 Å². The number of hydrogen-bond acceptors (Lipinski definition) is 11. The molecule has 0 amide bonds. The largest absolute Gasteiger partial charge is 0.391 e. The van der Waals surface area contributed by atoms with Gasteiger partial charge in [0.25, 0.3) is 0 Å². The summed E-state index contributed by atoms with van der Waals surface area (Å²) in [7, 11) is 15.1. The van der Waals surface area contributed by atoms with E-state index in [-0.39, 0.29) is 53.3 Å². The van der Waals surface area contributed by atoms with E-state index in [9.17, 15) is 24.0 Å². The summed E-state index contributed by atoms with van der Waals surface area (Å²) < 4.78 is 0. The van der Waals surface area contributed by atoms with Crippen molar-refractivity contribution < 1.29 is 29.1 Å². The average molecular weight is 804 g/mol. The first-order valence-electron chi connectivity index (χ1n) is 21.1. The second-order valence-corrected chi connectivity index (χ2v) is 17.2. The van der Waals surface area contributed by atoms with Crippen molar-refractivity contribution in [2.24, 2.45) is 17.8 Å². The number of nitrogens with one attached hydrogen (secondary N) is 2. The van der Waals surface area contributed by atoms with Gasteiger partial charge in [-0.3, -0.25) is 38.7 Å². The Hall–Kier alpha value is -2.67. The summed E-state index contributed by atoms with van der Waals surface area (Å²) in [5.41, 5.74) is 1.21. The van der Waals surface area contributed by atoms with Gasteiger partial charge in [-0.05, 0) is 153 Å². The SMILES string of the molecule is CC(=O)[C@H](CC(C)C)N(C)C.CC(=O)[C@H](Cc1ccccc1)N(C)C.CC(=O)[C@H]([C@@H](C)O)N(C)C.CN[C@@H](CC1CCC1)C(C)=O.CN[C@H](C(C)=O)C1CCCC1. The van der Waals surface area contributed by atoms with Crippen molar-refractivity contribution >= 4 is 28.9 Å². The zero-order valence-electron chi connectivity index (χ0n) is 39.0. The number of hydrogen-bond donors (Lipinski definition) is 3. The smallest absolute Gasteiger partial charge is 0.149 e. The number of likely N-dealkylation sites (N-methyl/N-ethyl adjacent to an activating group) is 5. The number of aliphatic hydroxyl groups excluding tert-OH is 1. The van der Waals surface area contributed by atoms with Crippen molar-refractivity contribution in [3.05, 3.63) is 35.9 Å². The van der Waals surface area contributed by atoms with Crippen LogP contribution >= 0.6 is 0 Å². The van der Waals surface area contributed by atoms with Gasteiger partial charge in [-0.2, -0.15) is 0 Å². The summed E-state index contributed by atoms with van der Waals surface area (Å²) in [4.78, 5) is 61.0. The summed E-state index contributed by atoms with van der Waals surface area (Å²) in [5, 5.41) is 15.2. The molecule has 2 fully saturated rings. The molecule has 0 bridgehead atoms. The Balaban J connectivity index is 0. The molecular formula is C46H85N5O6. The van der Waals surface area contributed by atoms with Crippen LogP contribution in [-0.2, 0) is 30.4 Å². The van der Waals surface area contributed by atoms with Crippen molar-refractivity contribution in [1.82, 2.24) is 25.3 Å². The van der Waals surface area contributed by atoms with Gasteiger partial charge in [-0.1, -0.05) is 76.3 Å². The van der Waals surface area contributed by atoms with E-state index < -0.39 is 6.10 Å². The minimum absolute atomic E-state index is 0.000000000000000666. The molecule has 2 aliphatic carbocycles. The fourth-order valence-corrected chi connectivity index (χ4v) is 7.46. The monoisotopic (exact) mass is 804 g/mol. The maximum atomic E-state index is 11.3. The highest BCUT2D eigenvalue weighted by Crippen LogP contribution is 2.30. The predicted molar refractivity (Wildman–Crippen MR) is 237 cm³/mol. The van der Waals surface area contributed by atoms with Crippen molar-refractivity contribution in [1.29, 1.82) is 0 Å². The standard InChI is InChI=1S/C12H17NO.2C9H17NO.C9H19NO.C7H15NO2/c1-10(14)12(13(2)3)9-11-7-5-4-6-8-11;1-7(11)9(10-2)6-8-4-3-5-8;1-7(11)9(10-2)8-5-3-4-6-8;1-7(2)6-9(8(3)11)10(4)5;1-5(9)7(6(2)10)8(3)4/h4-8,12H,9H2,1-3H3;2*8-10H,3-6H2,1-2H3;7,9H,6H2,1-5H3;5,7,9H,1-4H3/t12-;3*9-;5-,7+/m00101/s1. The highest BCUT2D eigenvalue weighted by atomic mass is 16.3. The van der Waals surface area contributed by atoms with Gasteiger partial charge in [0.05, 0.1) is 36.3 Å². The van der Waals surface area contributed by atoms with Gasteiger partial charge < -0.3 is 15.7 Å². The lowest BCUT2D eigenvalue weighted by molar-refractivity contribution is -0.125. The Morgan fingerprint density at radius 3 is 1.39 bits per heavy atom. The Morgan fingerprint density at radius 1 is 0.649 bits per heavy atom. The minimum atomic E-state index is -0.590. The number of aliphatic hydroxyl groups is 1. The molecule has 57 heavy (non-hydrogen) atoms. The quantitative estimate of drug-likeness (QED) is 0.164. The van der Waals surface area contributed by atoms with Crippen molar-refractivity contribution in [2.45, 2.75) is 156 Å². The normalized spacial score (nSPS) is 17.1. The predicted octanol–water partition coefficient (Wildman–Crippen LogP) is 5.89. The molecule has 11 nitrogen and oxygen atoms in total. The van der Waals surface area contributed by atoms with Crippen LogP contribution in [0.25, 0.3) is 0 Å². The Morgan fingerprint density at radius 2 is 1.14 bits per heavy atom.